The van der Waals surface area contributed by atoms with Gasteiger partial charge in [0.05, 0.1) is 11.1 Å². The summed E-state index contributed by atoms with van der Waals surface area (Å²) >= 11 is 2.88. The molecule has 1 amide bonds. The Labute approximate surface area is 152 Å². The van der Waals surface area contributed by atoms with Crippen LogP contribution in [0.25, 0.3) is 10.2 Å². The molecule has 0 bridgehead atoms. The van der Waals surface area contributed by atoms with Gasteiger partial charge in [0.15, 0.2) is 6.61 Å². The smallest absolute Gasteiger partial charge is 0.319 e. The van der Waals surface area contributed by atoms with Crippen molar-refractivity contribution in [3.8, 4) is 0 Å². The van der Waals surface area contributed by atoms with Crippen molar-refractivity contribution in [2.45, 2.75) is 43.6 Å². The van der Waals surface area contributed by atoms with E-state index in [9.17, 15) is 14.4 Å². The lowest BCUT2D eigenvalue weighted by Gasteiger charge is -2.10. The normalized spacial score (nSPS) is 14.9. The van der Waals surface area contributed by atoms with Crippen LogP contribution in [0.5, 0.6) is 0 Å². The summed E-state index contributed by atoms with van der Waals surface area (Å²) in [6.45, 7) is 1.25. The minimum atomic E-state index is -0.691. The number of thiophene rings is 1. The Morgan fingerprint density at radius 1 is 1.40 bits per heavy atom. The van der Waals surface area contributed by atoms with Gasteiger partial charge in [0.2, 0.25) is 0 Å². The number of aromatic nitrogens is 2. The Hall–Kier alpha value is -1.87. The number of H-pyrrole nitrogens is 1. The number of nitrogens with zero attached hydrogens (tertiary/aromatic N) is 1. The minimum Gasteiger partial charge on any atom is -0.455 e. The Morgan fingerprint density at radius 2 is 2.16 bits per heavy atom. The molecule has 0 saturated carbocycles. The fourth-order valence-electron chi connectivity index (χ4n) is 2.81. The summed E-state index contributed by atoms with van der Waals surface area (Å²) in [6.07, 6.45) is 4.23. The first-order chi connectivity index (χ1) is 12.0. The number of primary amides is 1. The van der Waals surface area contributed by atoms with Crippen molar-refractivity contribution in [3.05, 3.63) is 26.6 Å². The van der Waals surface area contributed by atoms with E-state index in [0.717, 1.165) is 41.5 Å². The van der Waals surface area contributed by atoms with Crippen molar-refractivity contribution in [1.29, 1.82) is 0 Å². The van der Waals surface area contributed by atoms with E-state index in [0.29, 0.717) is 11.6 Å². The number of fused-ring (bicyclic) bond motifs is 3. The van der Waals surface area contributed by atoms with Gasteiger partial charge in [-0.3, -0.25) is 14.4 Å². The molecule has 2 aromatic heterocycles. The third-order valence-corrected chi connectivity index (χ3v) is 6.35. The summed E-state index contributed by atoms with van der Waals surface area (Å²) in [7, 11) is 0. The van der Waals surface area contributed by atoms with Gasteiger partial charge in [0.1, 0.15) is 15.9 Å². The van der Waals surface area contributed by atoms with Crippen LogP contribution in [0, 0.1) is 0 Å². The highest BCUT2D eigenvalue weighted by molar-refractivity contribution is 7.99. The number of aromatic amines is 1. The summed E-state index contributed by atoms with van der Waals surface area (Å²) in [4.78, 5) is 44.3. The zero-order valence-electron chi connectivity index (χ0n) is 13.8. The number of thioether (sulfide) groups is 1. The average molecular weight is 381 g/mol. The van der Waals surface area contributed by atoms with Gasteiger partial charge in [-0.25, -0.2) is 4.98 Å². The van der Waals surface area contributed by atoms with Crippen LogP contribution < -0.4 is 11.3 Å². The topological polar surface area (TPSA) is 115 Å². The summed E-state index contributed by atoms with van der Waals surface area (Å²) in [5, 5.41) is 0.235. The van der Waals surface area contributed by atoms with Crippen LogP contribution in [-0.2, 0) is 32.9 Å². The highest BCUT2D eigenvalue weighted by atomic mass is 32.2. The molecule has 134 valence electrons. The predicted molar refractivity (Wildman–Crippen MR) is 97.8 cm³/mol. The van der Waals surface area contributed by atoms with Crippen LogP contribution in [0.15, 0.2) is 4.79 Å². The SMILES string of the molecule is C[C@@H](SCc1nc2sc3c(c2c(=O)[nH]1)CCCC3)C(=O)OCC(N)=O. The number of ether oxygens (including phenoxy) is 1. The third kappa shape index (κ3) is 4.04. The van der Waals surface area contributed by atoms with E-state index in [1.165, 1.54) is 16.6 Å². The fourth-order valence-corrected chi connectivity index (χ4v) is 4.84. The monoisotopic (exact) mass is 381 g/mol. The summed E-state index contributed by atoms with van der Waals surface area (Å²) in [5.41, 5.74) is 5.99. The summed E-state index contributed by atoms with van der Waals surface area (Å²) in [6, 6.07) is 0. The quantitative estimate of drug-likeness (QED) is 0.733. The van der Waals surface area contributed by atoms with Crippen molar-refractivity contribution in [3.63, 3.8) is 0 Å². The van der Waals surface area contributed by atoms with Crippen molar-refractivity contribution in [2.24, 2.45) is 5.73 Å². The molecule has 2 heterocycles. The Morgan fingerprint density at radius 3 is 2.92 bits per heavy atom. The van der Waals surface area contributed by atoms with Gasteiger partial charge >= 0.3 is 5.97 Å². The molecule has 0 spiro atoms. The number of nitrogens with two attached hydrogens (primary N) is 1. The molecule has 0 aromatic carbocycles. The summed E-state index contributed by atoms with van der Waals surface area (Å²) < 4.78 is 4.78. The van der Waals surface area contributed by atoms with E-state index in [2.05, 4.69) is 9.97 Å². The van der Waals surface area contributed by atoms with Crippen LogP contribution in [0.2, 0.25) is 0 Å². The number of esters is 1. The molecule has 1 atom stereocenters. The van der Waals surface area contributed by atoms with E-state index in [-0.39, 0.29) is 5.56 Å². The van der Waals surface area contributed by atoms with Crippen LogP contribution in [0.4, 0.5) is 0 Å². The van der Waals surface area contributed by atoms with Gasteiger partial charge in [-0.05, 0) is 38.2 Å². The van der Waals surface area contributed by atoms with E-state index in [1.807, 2.05) is 0 Å². The number of carbonyl (C=O) groups is 2. The second kappa shape index (κ2) is 7.57. The molecular formula is C16H19N3O4S2. The number of carbonyl (C=O) groups excluding carboxylic acids is 2. The molecule has 1 aliphatic rings. The first kappa shape index (κ1) is 17.9. The molecule has 1 aliphatic carbocycles. The Balaban J connectivity index is 1.71. The van der Waals surface area contributed by atoms with Gasteiger partial charge in [-0.1, -0.05) is 0 Å². The molecule has 3 N–H and O–H groups in total. The molecule has 9 heteroatoms. The van der Waals surface area contributed by atoms with Crippen LogP contribution in [-0.4, -0.2) is 33.7 Å². The maximum atomic E-state index is 12.4. The lowest BCUT2D eigenvalue weighted by molar-refractivity contribution is -0.146. The highest BCUT2D eigenvalue weighted by Gasteiger charge is 2.21. The number of amides is 1. The number of rotatable bonds is 6. The van der Waals surface area contributed by atoms with Gasteiger partial charge in [0, 0.05) is 4.88 Å². The van der Waals surface area contributed by atoms with Gasteiger partial charge < -0.3 is 15.5 Å². The number of aryl methyl sites for hydroxylation is 2. The third-order valence-electron chi connectivity index (χ3n) is 4.03. The Kier molecular flexibility index (Phi) is 5.43. The zero-order valence-corrected chi connectivity index (χ0v) is 15.4. The molecule has 0 aliphatic heterocycles. The van der Waals surface area contributed by atoms with Crippen molar-refractivity contribution in [2.75, 3.05) is 6.61 Å². The fraction of sp³-hybridized carbons (Fsp3) is 0.500. The number of nitrogens with one attached hydrogen (secondary N) is 1. The standard InChI is InChI=1S/C16H19N3O4S2/c1-8(16(22)23-6-11(17)20)24-7-12-18-14(21)13-9-4-2-3-5-10(9)25-15(13)19-12/h8H,2-7H2,1H3,(H2,17,20)(H,18,19,21)/t8-/m1/s1. The molecule has 7 nitrogen and oxygen atoms in total. The minimum absolute atomic E-state index is 0.107. The molecule has 25 heavy (non-hydrogen) atoms. The predicted octanol–water partition coefficient (Wildman–Crippen LogP) is 1.51. The maximum Gasteiger partial charge on any atom is 0.319 e. The lowest BCUT2D eigenvalue weighted by Crippen LogP contribution is -2.25. The number of hydrogen-bond donors (Lipinski definition) is 2. The van der Waals surface area contributed by atoms with Gasteiger partial charge in [0.25, 0.3) is 11.5 Å². The van der Waals surface area contributed by atoms with Crippen LogP contribution in [0.3, 0.4) is 0 Å². The van der Waals surface area contributed by atoms with E-state index >= 15 is 0 Å². The van der Waals surface area contributed by atoms with Gasteiger partial charge in [-0.15, -0.1) is 23.1 Å². The van der Waals surface area contributed by atoms with Gasteiger partial charge in [-0.2, -0.15) is 0 Å². The van der Waals surface area contributed by atoms with E-state index in [1.54, 1.807) is 18.3 Å². The first-order valence-corrected chi connectivity index (χ1v) is 9.92. The molecule has 3 rings (SSSR count). The van der Waals surface area contributed by atoms with E-state index < -0.39 is 23.7 Å². The Bertz CT molecular complexity index is 874. The maximum absolute atomic E-state index is 12.4. The van der Waals surface area contributed by atoms with Crippen molar-refractivity contribution >= 4 is 45.2 Å². The molecular weight excluding hydrogens is 362 g/mol. The van der Waals surface area contributed by atoms with E-state index in [4.69, 9.17) is 10.5 Å². The highest BCUT2D eigenvalue weighted by Crippen LogP contribution is 2.33. The molecule has 2 aromatic rings. The van der Waals surface area contributed by atoms with Crippen LogP contribution >= 0.6 is 23.1 Å². The largest absolute Gasteiger partial charge is 0.455 e. The average Bonchev–Trinajstić information content (AvgIpc) is 2.96. The molecule has 0 saturated heterocycles. The van der Waals surface area contributed by atoms with Crippen molar-refractivity contribution in [1.82, 2.24) is 9.97 Å². The first-order valence-electron chi connectivity index (χ1n) is 8.05. The molecule has 0 radical (unpaired) electrons. The molecule has 0 unspecified atom stereocenters. The second-order valence-electron chi connectivity index (χ2n) is 5.93. The lowest BCUT2D eigenvalue weighted by atomic mass is 9.97. The molecule has 0 fully saturated rings. The number of hydrogen-bond acceptors (Lipinski definition) is 7. The zero-order chi connectivity index (χ0) is 18.0. The van der Waals surface area contributed by atoms with Crippen LogP contribution in [0.1, 0.15) is 36.0 Å². The van der Waals surface area contributed by atoms with Crippen molar-refractivity contribution < 1.29 is 14.3 Å². The second-order valence-corrected chi connectivity index (χ2v) is 8.34. The summed E-state index contributed by atoms with van der Waals surface area (Å²) in [5.74, 6) is -0.293.